The van der Waals surface area contributed by atoms with Gasteiger partial charge in [-0.1, -0.05) is 24.3 Å². The van der Waals surface area contributed by atoms with Crippen molar-refractivity contribution in [1.82, 2.24) is 0 Å². The number of rotatable bonds is 5. The van der Waals surface area contributed by atoms with Crippen LogP contribution in [0.5, 0.6) is 5.75 Å². The lowest BCUT2D eigenvalue weighted by atomic mass is 10.1. The van der Waals surface area contributed by atoms with Gasteiger partial charge in [-0.15, -0.1) is 11.6 Å². The quantitative estimate of drug-likeness (QED) is 0.599. The highest BCUT2D eigenvalue weighted by Crippen LogP contribution is 2.19. The maximum Gasteiger partial charge on any atom is 0.303 e. The second kappa shape index (κ2) is 6.97. The SMILES string of the molecule is COc1ccccc1/C=C/[C@@H](CCl)OC(C)=O. The van der Waals surface area contributed by atoms with Crippen LogP contribution in [0.15, 0.2) is 30.3 Å². The highest BCUT2D eigenvalue weighted by atomic mass is 35.5. The Hall–Kier alpha value is -1.48. The van der Waals surface area contributed by atoms with Gasteiger partial charge in [0.05, 0.1) is 13.0 Å². The van der Waals surface area contributed by atoms with Gasteiger partial charge < -0.3 is 9.47 Å². The summed E-state index contributed by atoms with van der Waals surface area (Å²) in [6, 6.07) is 7.57. The predicted molar refractivity (Wildman–Crippen MR) is 68.3 cm³/mol. The Balaban J connectivity index is 2.77. The van der Waals surface area contributed by atoms with Crippen LogP contribution in [0.3, 0.4) is 0 Å². The number of carbonyl (C=O) groups excluding carboxylic acids is 1. The number of hydrogen-bond acceptors (Lipinski definition) is 3. The van der Waals surface area contributed by atoms with Gasteiger partial charge in [-0.2, -0.15) is 0 Å². The summed E-state index contributed by atoms with van der Waals surface area (Å²) in [6.07, 6.45) is 3.15. The third-order valence-electron chi connectivity index (χ3n) is 2.10. The molecule has 1 atom stereocenters. The first-order valence-electron chi connectivity index (χ1n) is 5.21. The molecule has 92 valence electrons. The van der Waals surface area contributed by atoms with Gasteiger partial charge in [0.15, 0.2) is 0 Å². The molecule has 4 heteroatoms. The van der Waals surface area contributed by atoms with Gasteiger partial charge in [0.25, 0.3) is 0 Å². The van der Waals surface area contributed by atoms with Crippen molar-refractivity contribution in [1.29, 1.82) is 0 Å². The van der Waals surface area contributed by atoms with E-state index < -0.39 is 6.10 Å². The van der Waals surface area contributed by atoms with Crippen molar-refractivity contribution in [3.8, 4) is 5.75 Å². The van der Waals surface area contributed by atoms with Gasteiger partial charge in [0, 0.05) is 12.5 Å². The van der Waals surface area contributed by atoms with E-state index in [1.807, 2.05) is 30.3 Å². The van der Waals surface area contributed by atoms with Crippen molar-refractivity contribution in [2.75, 3.05) is 13.0 Å². The summed E-state index contributed by atoms with van der Waals surface area (Å²) < 4.78 is 10.2. The van der Waals surface area contributed by atoms with Crippen molar-refractivity contribution in [3.05, 3.63) is 35.9 Å². The molecule has 0 N–H and O–H groups in total. The molecule has 3 nitrogen and oxygen atoms in total. The molecule has 0 amide bonds. The molecule has 1 aromatic rings. The number of esters is 1. The van der Waals surface area contributed by atoms with Gasteiger partial charge in [0.1, 0.15) is 11.9 Å². The lowest BCUT2D eigenvalue weighted by Gasteiger charge is -2.09. The zero-order chi connectivity index (χ0) is 12.7. The van der Waals surface area contributed by atoms with Crippen molar-refractivity contribution in [2.24, 2.45) is 0 Å². The van der Waals surface area contributed by atoms with Crippen LogP contribution in [-0.2, 0) is 9.53 Å². The molecule has 17 heavy (non-hydrogen) atoms. The van der Waals surface area contributed by atoms with Crippen LogP contribution in [0.1, 0.15) is 12.5 Å². The Bertz CT molecular complexity index is 401. The topological polar surface area (TPSA) is 35.5 Å². The van der Waals surface area contributed by atoms with E-state index in [4.69, 9.17) is 21.1 Å². The van der Waals surface area contributed by atoms with Gasteiger partial charge >= 0.3 is 5.97 Å². The molecule has 1 aromatic carbocycles. The van der Waals surface area contributed by atoms with Crippen molar-refractivity contribution in [3.63, 3.8) is 0 Å². The maximum atomic E-state index is 10.8. The van der Waals surface area contributed by atoms with E-state index in [2.05, 4.69) is 0 Å². The second-order valence-corrected chi connectivity index (χ2v) is 3.71. The summed E-state index contributed by atoms with van der Waals surface area (Å²) in [5.74, 6) is 0.644. The Kier molecular flexibility index (Phi) is 5.57. The Morgan fingerprint density at radius 3 is 2.76 bits per heavy atom. The van der Waals surface area contributed by atoms with Gasteiger partial charge in [-0.25, -0.2) is 0 Å². The molecule has 0 saturated carbocycles. The Morgan fingerprint density at radius 2 is 2.18 bits per heavy atom. The first kappa shape index (κ1) is 13.6. The molecule has 0 bridgehead atoms. The highest BCUT2D eigenvalue weighted by Gasteiger charge is 2.06. The standard InChI is InChI=1S/C13H15ClO3/c1-10(15)17-12(9-14)8-7-11-5-3-4-6-13(11)16-2/h3-8,12H,9H2,1-2H3/b8-7+/t12-/m0/s1. The largest absolute Gasteiger partial charge is 0.496 e. The molecule has 0 aliphatic carbocycles. The lowest BCUT2D eigenvalue weighted by Crippen LogP contribution is -2.14. The molecule has 0 saturated heterocycles. The molecular formula is C13H15ClO3. The van der Waals surface area contributed by atoms with E-state index in [1.165, 1.54) is 6.92 Å². The van der Waals surface area contributed by atoms with E-state index in [9.17, 15) is 4.79 Å². The van der Waals surface area contributed by atoms with Crippen LogP contribution in [0.2, 0.25) is 0 Å². The summed E-state index contributed by atoms with van der Waals surface area (Å²) in [5, 5.41) is 0. The molecule has 0 radical (unpaired) electrons. The monoisotopic (exact) mass is 254 g/mol. The number of carbonyl (C=O) groups is 1. The fourth-order valence-corrected chi connectivity index (χ4v) is 1.52. The molecule has 0 aliphatic rings. The molecule has 1 rings (SSSR count). The molecule has 0 spiro atoms. The minimum atomic E-state index is -0.418. The van der Waals surface area contributed by atoms with Crippen LogP contribution < -0.4 is 4.74 Å². The number of hydrogen-bond donors (Lipinski definition) is 0. The lowest BCUT2D eigenvalue weighted by molar-refractivity contribution is -0.143. The molecule has 0 aliphatic heterocycles. The molecule has 0 fully saturated rings. The number of methoxy groups -OCH3 is 1. The van der Waals surface area contributed by atoms with Gasteiger partial charge in [-0.3, -0.25) is 4.79 Å². The first-order chi connectivity index (χ1) is 8.17. The minimum Gasteiger partial charge on any atom is -0.496 e. The maximum absolute atomic E-state index is 10.8. The summed E-state index contributed by atoms with van der Waals surface area (Å²) in [7, 11) is 1.61. The summed E-state index contributed by atoms with van der Waals surface area (Å²) >= 11 is 5.69. The zero-order valence-electron chi connectivity index (χ0n) is 9.85. The van der Waals surface area contributed by atoms with Crippen LogP contribution in [0.25, 0.3) is 6.08 Å². The number of halogens is 1. The van der Waals surface area contributed by atoms with Gasteiger partial charge in [0.2, 0.25) is 0 Å². The molecular weight excluding hydrogens is 240 g/mol. The third kappa shape index (κ3) is 4.49. The van der Waals surface area contributed by atoms with Crippen LogP contribution >= 0.6 is 11.6 Å². The fraction of sp³-hybridized carbons (Fsp3) is 0.308. The number of para-hydroxylation sites is 1. The fourth-order valence-electron chi connectivity index (χ4n) is 1.35. The Labute approximate surface area is 106 Å². The van der Waals surface area contributed by atoms with Crippen molar-refractivity contribution in [2.45, 2.75) is 13.0 Å². The van der Waals surface area contributed by atoms with E-state index in [0.717, 1.165) is 11.3 Å². The average molecular weight is 255 g/mol. The smallest absolute Gasteiger partial charge is 0.303 e. The van der Waals surface area contributed by atoms with E-state index >= 15 is 0 Å². The Morgan fingerprint density at radius 1 is 1.47 bits per heavy atom. The number of alkyl halides is 1. The van der Waals surface area contributed by atoms with Crippen LogP contribution in [0.4, 0.5) is 0 Å². The summed E-state index contributed by atoms with van der Waals surface area (Å²) in [6.45, 7) is 1.36. The normalized spacial score (nSPS) is 12.4. The van der Waals surface area contributed by atoms with E-state index in [1.54, 1.807) is 13.2 Å². The third-order valence-corrected chi connectivity index (χ3v) is 2.40. The molecule has 0 aromatic heterocycles. The zero-order valence-corrected chi connectivity index (χ0v) is 10.6. The van der Waals surface area contributed by atoms with Gasteiger partial charge in [-0.05, 0) is 12.1 Å². The van der Waals surface area contributed by atoms with Crippen LogP contribution in [0, 0.1) is 0 Å². The predicted octanol–water partition coefficient (Wildman–Crippen LogP) is 2.88. The summed E-state index contributed by atoms with van der Waals surface area (Å²) in [4.78, 5) is 10.8. The van der Waals surface area contributed by atoms with Crippen LogP contribution in [-0.4, -0.2) is 25.1 Å². The molecule has 0 unspecified atom stereocenters. The van der Waals surface area contributed by atoms with E-state index in [0.29, 0.717) is 0 Å². The second-order valence-electron chi connectivity index (χ2n) is 3.40. The average Bonchev–Trinajstić information content (AvgIpc) is 2.34. The first-order valence-corrected chi connectivity index (χ1v) is 5.75. The number of ether oxygens (including phenoxy) is 2. The molecule has 0 heterocycles. The van der Waals surface area contributed by atoms with Crippen molar-refractivity contribution >= 4 is 23.6 Å². The summed E-state index contributed by atoms with van der Waals surface area (Å²) in [5.41, 5.74) is 0.914. The van der Waals surface area contributed by atoms with Crippen molar-refractivity contribution < 1.29 is 14.3 Å². The number of benzene rings is 1. The van der Waals surface area contributed by atoms with E-state index in [-0.39, 0.29) is 11.8 Å². The highest BCUT2D eigenvalue weighted by molar-refractivity contribution is 6.18. The minimum absolute atomic E-state index is 0.227.